The van der Waals surface area contributed by atoms with Crippen LogP contribution in [0.15, 0.2) is 36.4 Å². The van der Waals surface area contributed by atoms with Crippen LogP contribution >= 0.6 is 23.2 Å². The summed E-state index contributed by atoms with van der Waals surface area (Å²) in [4.78, 5) is 62.2. The molecule has 20 heteroatoms. The third-order valence-corrected chi connectivity index (χ3v) is 13.8. The number of hydrogen-bond acceptors (Lipinski definition) is 10. The lowest BCUT2D eigenvalue weighted by Crippen LogP contribution is -2.43. The van der Waals surface area contributed by atoms with Crippen molar-refractivity contribution in [2.45, 2.75) is 63.5 Å². The Morgan fingerprint density at radius 3 is 1.97 bits per heavy atom. The quantitative estimate of drug-likeness (QED) is 0.0580. The van der Waals surface area contributed by atoms with Gasteiger partial charge in [-0.15, -0.1) is 0 Å². The number of H-pyrrole nitrogens is 2. The zero-order valence-corrected chi connectivity index (χ0v) is 40.9. The number of aromatic amines is 2. The molecule has 3 unspecified atom stereocenters. The largest absolute Gasteiger partial charge is 0.464 e. The van der Waals surface area contributed by atoms with Crippen molar-refractivity contribution in [1.29, 1.82) is 0 Å². The molecule has 0 radical (unpaired) electrons. The second-order valence-electron chi connectivity index (χ2n) is 18.1. The van der Waals surface area contributed by atoms with Crippen LogP contribution in [0.25, 0.3) is 32.9 Å². The molecule has 5 heterocycles. The Balaban J connectivity index is 0.000000231. The fourth-order valence-corrected chi connectivity index (χ4v) is 10.1. The number of nitrogens with one attached hydrogen (secondary N) is 4. The van der Waals surface area contributed by atoms with Gasteiger partial charge in [0.2, 0.25) is 11.8 Å². The highest BCUT2D eigenvalue weighted by molar-refractivity contribution is 6.36. The van der Waals surface area contributed by atoms with Gasteiger partial charge in [-0.2, -0.15) is 0 Å². The number of piperazine rings is 1. The SMILES string of the molecule is CC(N)NCCC(=O)N1CCCC(c2cc(-c3cc(F)c(N4CCNCC4)cc3Cl)c3cc(C(=O)N(C)C)[nH]c3c2F)C1.COC(=O)c1cc2c(Cl)cc(C3CCCN(C(=O)CCN)C3)c(F)c2[nH]1. The minimum absolute atomic E-state index is 0.0161. The van der Waals surface area contributed by atoms with Crippen LogP contribution in [-0.4, -0.2) is 141 Å². The average Bonchev–Trinajstić information content (AvgIpc) is 4.01. The number of methoxy groups -OCH3 is 1. The molecule has 0 saturated carbocycles. The molecule has 3 aliphatic heterocycles. The van der Waals surface area contributed by atoms with Gasteiger partial charge in [0.1, 0.15) is 17.2 Å². The smallest absolute Gasteiger partial charge is 0.354 e. The van der Waals surface area contributed by atoms with Crippen molar-refractivity contribution < 1.29 is 37.1 Å². The van der Waals surface area contributed by atoms with E-state index in [1.54, 1.807) is 48.2 Å². The summed E-state index contributed by atoms with van der Waals surface area (Å²) < 4.78 is 51.8. The first-order valence-corrected chi connectivity index (χ1v) is 24.1. The number of likely N-dealkylation sites (tertiary alicyclic amines) is 2. The number of benzene rings is 3. The monoisotopic (exact) mass is 996 g/mol. The molecule has 15 nitrogen and oxygen atoms in total. The molecule has 2 aromatic heterocycles. The summed E-state index contributed by atoms with van der Waals surface area (Å²) in [7, 11) is 4.50. The lowest BCUT2D eigenvalue weighted by Gasteiger charge is -2.33. The zero-order valence-electron chi connectivity index (χ0n) is 39.4. The number of rotatable bonds is 12. The summed E-state index contributed by atoms with van der Waals surface area (Å²) in [5.74, 6) is -2.74. The van der Waals surface area contributed by atoms with E-state index in [9.17, 15) is 19.2 Å². The van der Waals surface area contributed by atoms with Crippen LogP contribution in [-0.2, 0) is 14.3 Å². The van der Waals surface area contributed by atoms with Gasteiger partial charge in [0.05, 0.1) is 40.0 Å². The van der Waals surface area contributed by atoms with Crippen molar-refractivity contribution in [3.63, 3.8) is 0 Å². The first kappa shape index (κ1) is 51.5. The van der Waals surface area contributed by atoms with E-state index in [1.165, 1.54) is 24.1 Å². The van der Waals surface area contributed by atoms with Gasteiger partial charge in [-0.3, -0.25) is 14.4 Å². The number of ether oxygens (including phenoxy) is 1. The van der Waals surface area contributed by atoms with E-state index in [0.717, 1.165) is 25.9 Å². The number of piperidine rings is 2. The van der Waals surface area contributed by atoms with Crippen LogP contribution in [0.2, 0.25) is 10.0 Å². The fraction of sp³-hybridized carbons (Fsp3) is 0.469. The zero-order chi connectivity index (χ0) is 49.7. The molecule has 5 aromatic rings. The maximum absolute atomic E-state index is 16.3. The Kier molecular flexibility index (Phi) is 16.9. The van der Waals surface area contributed by atoms with Crippen molar-refractivity contribution in [1.82, 2.24) is 35.3 Å². The van der Waals surface area contributed by atoms with E-state index in [0.29, 0.717) is 120 Å². The van der Waals surface area contributed by atoms with Gasteiger partial charge in [-0.1, -0.05) is 23.2 Å². The number of aromatic nitrogens is 2. The molecule has 3 aromatic carbocycles. The maximum atomic E-state index is 16.3. The highest BCUT2D eigenvalue weighted by atomic mass is 35.5. The molecule has 3 aliphatic rings. The van der Waals surface area contributed by atoms with Gasteiger partial charge < -0.3 is 56.4 Å². The molecule has 0 spiro atoms. The highest BCUT2D eigenvalue weighted by Gasteiger charge is 2.31. The van der Waals surface area contributed by atoms with Crippen molar-refractivity contribution in [2.24, 2.45) is 11.5 Å². The summed E-state index contributed by atoms with van der Waals surface area (Å²) in [6.07, 6.45) is 3.31. The summed E-state index contributed by atoms with van der Waals surface area (Å²) in [5, 5.41) is 7.87. The normalized spacial score (nSPS) is 18.0. The van der Waals surface area contributed by atoms with Gasteiger partial charge in [-0.25, -0.2) is 18.0 Å². The maximum Gasteiger partial charge on any atom is 0.354 e. The van der Waals surface area contributed by atoms with Crippen LogP contribution in [0.3, 0.4) is 0 Å². The molecule has 372 valence electrons. The van der Waals surface area contributed by atoms with Crippen LogP contribution < -0.4 is 27.0 Å². The number of carbonyl (C=O) groups is 4. The first-order chi connectivity index (χ1) is 33.0. The van der Waals surface area contributed by atoms with Gasteiger partial charge in [0.15, 0.2) is 11.6 Å². The number of amides is 3. The summed E-state index contributed by atoms with van der Waals surface area (Å²) >= 11 is 13.2. The second kappa shape index (κ2) is 22.6. The van der Waals surface area contributed by atoms with E-state index in [-0.39, 0.29) is 64.6 Å². The third kappa shape index (κ3) is 11.5. The lowest BCUT2D eigenvalue weighted by molar-refractivity contribution is -0.133. The van der Waals surface area contributed by atoms with Crippen molar-refractivity contribution in [2.75, 3.05) is 91.6 Å². The molecular weight excluding hydrogens is 937 g/mol. The molecule has 3 saturated heterocycles. The Labute approximate surface area is 409 Å². The Hall–Kier alpha value is -5.37. The first-order valence-electron chi connectivity index (χ1n) is 23.4. The van der Waals surface area contributed by atoms with E-state index in [2.05, 4.69) is 25.3 Å². The van der Waals surface area contributed by atoms with Crippen molar-refractivity contribution in [3.8, 4) is 11.1 Å². The van der Waals surface area contributed by atoms with E-state index in [1.807, 2.05) is 11.8 Å². The van der Waals surface area contributed by atoms with Gasteiger partial charge in [0.25, 0.3) is 5.91 Å². The van der Waals surface area contributed by atoms with E-state index in [4.69, 9.17) is 34.7 Å². The standard InChI is InChI=1S/C31H40ClF2N7O2.C18H21ClFN3O3/c1-18(35)37-7-6-28(42)41-10-4-5-19(17-41)20-13-21(23-15-26(31(43)39(2)3)38-30(23)29(20)34)22-14-25(33)27(16-24(22)32)40-11-8-36-9-12-40;1-26-18(25)14-8-12-13(19)7-11(16(20)17(12)22-14)10-3-2-6-23(9-10)15(24)4-5-21/h13-16,18-19,36-38H,4-12,17,35H2,1-3H3;7-8,10,22H,2-6,9,21H2,1H3. The predicted octanol–water partition coefficient (Wildman–Crippen LogP) is 6.67. The molecule has 0 aliphatic carbocycles. The Morgan fingerprint density at radius 2 is 1.38 bits per heavy atom. The Morgan fingerprint density at radius 1 is 0.797 bits per heavy atom. The predicted molar refractivity (Wildman–Crippen MR) is 263 cm³/mol. The minimum atomic E-state index is -0.588. The molecule has 69 heavy (non-hydrogen) atoms. The fourth-order valence-electron chi connectivity index (χ4n) is 9.56. The molecule has 0 bridgehead atoms. The number of esters is 1. The van der Waals surface area contributed by atoms with Crippen LogP contribution in [0, 0.1) is 17.5 Å². The van der Waals surface area contributed by atoms with Gasteiger partial charge in [-0.05, 0) is 85.7 Å². The minimum Gasteiger partial charge on any atom is -0.464 e. The number of anilines is 1. The second-order valence-corrected chi connectivity index (χ2v) is 18.9. The number of nitrogens with two attached hydrogens (primary N) is 2. The van der Waals surface area contributed by atoms with Crippen molar-refractivity contribution in [3.05, 3.63) is 86.4 Å². The number of nitrogens with zero attached hydrogens (tertiary/aromatic N) is 4. The van der Waals surface area contributed by atoms with Crippen LogP contribution in [0.1, 0.15) is 89.4 Å². The Bertz CT molecular complexity index is 2710. The molecule has 8 N–H and O–H groups in total. The average molecular weight is 998 g/mol. The molecular formula is C49H61Cl2F3N10O5. The highest BCUT2D eigenvalue weighted by Crippen LogP contribution is 2.43. The lowest BCUT2D eigenvalue weighted by atomic mass is 9.86. The summed E-state index contributed by atoms with van der Waals surface area (Å²) in [6.45, 7) is 7.41. The van der Waals surface area contributed by atoms with E-state index < -0.39 is 23.4 Å². The summed E-state index contributed by atoms with van der Waals surface area (Å²) in [6, 6.07) is 9.42. The van der Waals surface area contributed by atoms with Crippen LogP contribution in [0.5, 0.6) is 0 Å². The van der Waals surface area contributed by atoms with Gasteiger partial charge in [0, 0.05) is 121 Å². The topological polar surface area (TPSA) is 198 Å². The third-order valence-electron chi connectivity index (χ3n) is 13.1. The van der Waals surface area contributed by atoms with Gasteiger partial charge >= 0.3 is 5.97 Å². The van der Waals surface area contributed by atoms with E-state index >= 15 is 13.2 Å². The summed E-state index contributed by atoms with van der Waals surface area (Å²) in [5.41, 5.74) is 14.1. The molecule has 3 amide bonds. The molecule has 3 fully saturated rings. The number of carbonyl (C=O) groups excluding carboxylic acids is 4. The number of fused-ring (bicyclic) bond motifs is 2. The molecule has 8 rings (SSSR count). The number of hydrogen-bond donors (Lipinski definition) is 6. The molecule has 3 atom stereocenters. The van der Waals surface area contributed by atoms with Crippen molar-refractivity contribution >= 4 is 74.4 Å². The number of halogens is 5. The van der Waals surface area contributed by atoms with Crippen LogP contribution in [0.4, 0.5) is 18.9 Å².